The number of carbonyl (C=O) groups is 1. The van der Waals surface area contributed by atoms with Crippen molar-refractivity contribution in [2.45, 2.75) is 26.2 Å². The number of fused-ring (bicyclic) bond motifs is 1. The quantitative estimate of drug-likeness (QED) is 0.799. The number of halogens is 1. The van der Waals surface area contributed by atoms with Crippen LogP contribution in [0.4, 0.5) is 5.82 Å². The topological polar surface area (TPSA) is 36.4 Å². The fourth-order valence-corrected chi connectivity index (χ4v) is 5.07. The van der Waals surface area contributed by atoms with E-state index in [4.69, 9.17) is 11.6 Å². The second-order valence-corrected chi connectivity index (χ2v) is 8.41. The summed E-state index contributed by atoms with van der Waals surface area (Å²) in [5, 5.41) is 2.73. The van der Waals surface area contributed by atoms with Crippen molar-refractivity contribution in [2.75, 3.05) is 31.1 Å². The Bertz CT molecular complexity index is 765. The van der Waals surface area contributed by atoms with Gasteiger partial charge in [-0.2, -0.15) is 0 Å². The molecule has 1 atom stereocenters. The predicted molar refractivity (Wildman–Crippen MR) is 103 cm³/mol. The SMILES string of the molecule is CC1CCc2c(C(=O)N3CCN(c4ccc(Cl)cn4)CC3)csc2C1. The van der Waals surface area contributed by atoms with Crippen LogP contribution in [-0.4, -0.2) is 42.0 Å². The fraction of sp³-hybridized carbons (Fsp3) is 0.474. The summed E-state index contributed by atoms with van der Waals surface area (Å²) >= 11 is 7.67. The van der Waals surface area contributed by atoms with E-state index in [9.17, 15) is 4.79 Å². The molecule has 4 nitrogen and oxygen atoms in total. The fourth-order valence-electron chi connectivity index (χ4n) is 3.72. The third-order valence-corrected chi connectivity index (χ3v) is 6.51. The van der Waals surface area contributed by atoms with Crippen molar-refractivity contribution in [3.05, 3.63) is 44.7 Å². The molecule has 0 bridgehead atoms. The van der Waals surface area contributed by atoms with Gasteiger partial charge in [-0.05, 0) is 42.9 Å². The second-order valence-electron chi connectivity index (χ2n) is 7.01. The Morgan fingerprint density at radius 3 is 2.80 bits per heavy atom. The van der Waals surface area contributed by atoms with Gasteiger partial charge in [0.1, 0.15) is 5.82 Å². The third kappa shape index (κ3) is 3.40. The highest BCUT2D eigenvalue weighted by Gasteiger charge is 2.28. The highest BCUT2D eigenvalue weighted by atomic mass is 35.5. The van der Waals surface area contributed by atoms with E-state index in [2.05, 4.69) is 22.2 Å². The van der Waals surface area contributed by atoms with Crippen molar-refractivity contribution >= 4 is 34.7 Å². The number of pyridine rings is 1. The van der Waals surface area contributed by atoms with Crippen molar-refractivity contribution in [3.63, 3.8) is 0 Å². The summed E-state index contributed by atoms with van der Waals surface area (Å²) in [6.45, 7) is 5.40. The molecule has 3 heterocycles. The van der Waals surface area contributed by atoms with E-state index in [1.54, 1.807) is 17.5 Å². The minimum Gasteiger partial charge on any atom is -0.353 e. The smallest absolute Gasteiger partial charge is 0.255 e. The molecule has 0 spiro atoms. The monoisotopic (exact) mass is 375 g/mol. The molecule has 1 aliphatic heterocycles. The van der Waals surface area contributed by atoms with Crippen LogP contribution in [0.25, 0.3) is 0 Å². The molecule has 1 aliphatic carbocycles. The van der Waals surface area contributed by atoms with Crippen molar-refractivity contribution in [1.82, 2.24) is 9.88 Å². The molecule has 1 unspecified atom stereocenters. The zero-order valence-corrected chi connectivity index (χ0v) is 15.9. The molecule has 25 heavy (non-hydrogen) atoms. The van der Waals surface area contributed by atoms with Crippen LogP contribution in [0.1, 0.15) is 34.1 Å². The zero-order valence-electron chi connectivity index (χ0n) is 14.4. The molecular formula is C19H22ClN3OS. The first-order valence-corrected chi connectivity index (χ1v) is 10.1. The molecule has 0 aromatic carbocycles. The van der Waals surface area contributed by atoms with E-state index in [0.717, 1.165) is 56.3 Å². The van der Waals surface area contributed by atoms with Gasteiger partial charge in [-0.25, -0.2) is 4.98 Å². The molecule has 1 saturated heterocycles. The average Bonchev–Trinajstić information content (AvgIpc) is 3.05. The minimum atomic E-state index is 0.204. The summed E-state index contributed by atoms with van der Waals surface area (Å²) in [4.78, 5) is 23.0. The van der Waals surface area contributed by atoms with Crippen LogP contribution in [0.15, 0.2) is 23.7 Å². The van der Waals surface area contributed by atoms with Gasteiger partial charge < -0.3 is 9.80 Å². The van der Waals surface area contributed by atoms with Crippen molar-refractivity contribution in [2.24, 2.45) is 5.92 Å². The first-order valence-electron chi connectivity index (χ1n) is 8.87. The van der Waals surface area contributed by atoms with Crippen molar-refractivity contribution in [1.29, 1.82) is 0 Å². The molecule has 1 fully saturated rings. The van der Waals surface area contributed by atoms with Gasteiger partial charge in [-0.1, -0.05) is 18.5 Å². The van der Waals surface area contributed by atoms with Crippen LogP contribution >= 0.6 is 22.9 Å². The first kappa shape index (κ1) is 16.9. The number of nitrogens with zero attached hydrogens (tertiary/aromatic N) is 3. The summed E-state index contributed by atoms with van der Waals surface area (Å²) in [5.41, 5.74) is 2.26. The van der Waals surface area contributed by atoms with Crippen LogP contribution in [0.2, 0.25) is 5.02 Å². The molecule has 132 valence electrons. The number of anilines is 1. The van der Waals surface area contributed by atoms with Crippen LogP contribution in [0.5, 0.6) is 0 Å². The van der Waals surface area contributed by atoms with Crippen molar-refractivity contribution in [3.8, 4) is 0 Å². The van der Waals surface area contributed by atoms with Gasteiger partial charge in [0.25, 0.3) is 5.91 Å². The summed E-state index contributed by atoms with van der Waals surface area (Å²) in [7, 11) is 0. The van der Waals surface area contributed by atoms with Gasteiger partial charge in [0.2, 0.25) is 0 Å². The lowest BCUT2D eigenvalue weighted by Gasteiger charge is -2.35. The Kier molecular flexibility index (Phi) is 4.69. The van der Waals surface area contributed by atoms with Crippen LogP contribution in [-0.2, 0) is 12.8 Å². The molecular weight excluding hydrogens is 354 g/mol. The number of amides is 1. The summed E-state index contributed by atoms with van der Waals surface area (Å²) < 4.78 is 0. The number of hydrogen-bond acceptors (Lipinski definition) is 4. The normalized spacial score (nSPS) is 20.5. The van der Waals surface area contributed by atoms with E-state index in [0.29, 0.717) is 5.02 Å². The molecule has 2 aliphatic rings. The molecule has 0 saturated carbocycles. The van der Waals surface area contributed by atoms with Gasteiger partial charge in [-0.15, -0.1) is 11.3 Å². The number of aromatic nitrogens is 1. The van der Waals surface area contributed by atoms with E-state index in [1.807, 2.05) is 17.0 Å². The van der Waals surface area contributed by atoms with Gasteiger partial charge in [0.05, 0.1) is 10.6 Å². The van der Waals surface area contributed by atoms with Gasteiger partial charge in [0, 0.05) is 42.6 Å². The molecule has 1 amide bonds. The lowest BCUT2D eigenvalue weighted by Crippen LogP contribution is -2.49. The van der Waals surface area contributed by atoms with E-state index in [-0.39, 0.29) is 5.91 Å². The molecule has 2 aromatic heterocycles. The first-order chi connectivity index (χ1) is 12.1. The van der Waals surface area contributed by atoms with E-state index < -0.39 is 0 Å². The molecule has 4 rings (SSSR count). The molecule has 0 radical (unpaired) electrons. The maximum Gasteiger partial charge on any atom is 0.255 e. The Morgan fingerprint density at radius 1 is 1.28 bits per heavy atom. The minimum absolute atomic E-state index is 0.204. The van der Waals surface area contributed by atoms with Gasteiger partial charge in [-0.3, -0.25) is 4.79 Å². The lowest BCUT2D eigenvalue weighted by molar-refractivity contribution is 0.0745. The standard InChI is InChI=1S/C19H22ClN3OS/c1-13-2-4-15-16(12-25-17(15)10-13)19(24)23-8-6-22(7-9-23)18-5-3-14(20)11-21-18/h3,5,11-13H,2,4,6-10H2,1H3. The Morgan fingerprint density at radius 2 is 2.08 bits per heavy atom. The van der Waals surface area contributed by atoms with Gasteiger partial charge in [0.15, 0.2) is 0 Å². The largest absolute Gasteiger partial charge is 0.353 e. The summed E-state index contributed by atoms with van der Waals surface area (Å²) in [5.74, 6) is 1.87. The molecule has 6 heteroatoms. The number of thiophene rings is 1. The number of rotatable bonds is 2. The number of hydrogen-bond donors (Lipinski definition) is 0. The summed E-state index contributed by atoms with van der Waals surface area (Å²) in [6.07, 6.45) is 5.05. The highest BCUT2D eigenvalue weighted by molar-refractivity contribution is 7.10. The van der Waals surface area contributed by atoms with Crippen LogP contribution < -0.4 is 4.90 Å². The Labute approximate surface area is 157 Å². The Hall–Kier alpha value is -1.59. The van der Waals surface area contributed by atoms with Crippen molar-refractivity contribution < 1.29 is 4.79 Å². The maximum atomic E-state index is 13.0. The second kappa shape index (κ2) is 6.96. The zero-order chi connectivity index (χ0) is 17.4. The molecule has 0 N–H and O–H groups in total. The maximum absolute atomic E-state index is 13.0. The van der Waals surface area contributed by atoms with Crippen LogP contribution in [0.3, 0.4) is 0 Å². The lowest BCUT2D eigenvalue weighted by atomic mass is 9.88. The highest BCUT2D eigenvalue weighted by Crippen LogP contribution is 2.33. The number of carbonyl (C=O) groups excluding carboxylic acids is 1. The van der Waals surface area contributed by atoms with E-state index in [1.165, 1.54) is 16.9 Å². The Balaban J connectivity index is 1.43. The average molecular weight is 376 g/mol. The predicted octanol–water partition coefficient (Wildman–Crippen LogP) is 3.88. The third-order valence-electron chi connectivity index (χ3n) is 5.23. The van der Waals surface area contributed by atoms with Crippen LogP contribution in [0, 0.1) is 5.92 Å². The molecule has 2 aromatic rings. The number of piperazine rings is 1. The van der Waals surface area contributed by atoms with Gasteiger partial charge >= 0.3 is 0 Å². The van der Waals surface area contributed by atoms with E-state index >= 15 is 0 Å². The summed E-state index contributed by atoms with van der Waals surface area (Å²) in [6, 6.07) is 3.80.